The van der Waals surface area contributed by atoms with E-state index in [1.807, 2.05) is 12.1 Å². The van der Waals surface area contributed by atoms with Gasteiger partial charge in [-0.15, -0.1) is 0 Å². The highest BCUT2D eigenvalue weighted by molar-refractivity contribution is 5.66. The van der Waals surface area contributed by atoms with Crippen molar-refractivity contribution in [1.82, 2.24) is 15.5 Å². The summed E-state index contributed by atoms with van der Waals surface area (Å²) in [5, 5.41) is 16.1. The van der Waals surface area contributed by atoms with Crippen LogP contribution in [0.15, 0.2) is 36.4 Å². The van der Waals surface area contributed by atoms with Crippen LogP contribution in [0.25, 0.3) is 11.1 Å². The molecule has 2 fully saturated rings. The minimum atomic E-state index is -0.468. The number of nitrogens with one attached hydrogen (secondary N) is 2. The van der Waals surface area contributed by atoms with Gasteiger partial charge in [0.25, 0.3) is 0 Å². The van der Waals surface area contributed by atoms with Crippen molar-refractivity contribution in [2.75, 3.05) is 46.4 Å². The van der Waals surface area contributed by atoms with E-state index in [-0.39, 0.29) is 17.5 Å². The number of hydrogen-bond acceptors (Lipinski definition) is 6. The molecule has 3 heterocycles. The van der Waals surface area contributed by atoms with Crippen LogP contribution in [0.5, 0.6) is 0 Å². The van der Waals surface area contributed by atoms with E-state index in [9.17, 15) is 5.26 Å². The Morgan fingerprint density at radius 3 is 2.88 bits per heavy atom. The van der Waals surface area contributed by atoms with Crippen LogP contribution in [0.4, 0.5) is 4.39 Å². The Morgan fingerprint density at radius 1 is 1.27 bits per heavy atom. The number of ether oxygens (including phenoxy) is 2. The van der Waals surface area contributed by atoms with E-state index in [4.69, 9.17) is 9.47 Å². The molecule has 0 saturated carbocycles. The van der Waals surface area contributed by atoms with Crippen molar-refractivity contribution in [3.8, 4) is 17.2 Å². The first-order valence-electron chi connectivity index (χ1n) is 11.8. The van der Waals surface area contributed by atoms with Crippen LogP contribution in [-0.2, 0) is 28.1 Å². The summed E-state index contributed by atoms with van der Waals surface area (Å²) in [5.41, 5.74) is 4.62. The Balaban J connectivity index is 1.26. The molecule has 2 aromatic rings. The maximum atomic E-state index is 15.0. The summed E-state index contributed by atoms with van der Waals surface area (Å²) in [7, 11) is 2.09. The normalized spacial score (nSPS) is 22.9. The molecule has 0 amide bonds. The van der Waals surface area contributed by atoms with Gasteiger partial charge in [0.2, 0.25) is 0 Å². The molecule has 33 heavy (non-hydrogen) atoms. The van der Waals surface area contributed by atoms with Gasteiger partial charge in [-0.05, 0) is 60.0 Å². The average Bonchev–Trinajstić information content (AvgIpc) is 2.98. The van der Waals surface area contributed by atoms with Gasteiger partial charge in [0.1, 0.15) is 11.4 Å². The summed E-state index contributed by atoms with van der Waals surface area (Å²) in [6.07, 6.45) is 1.33. The first-order valence-corrected chi connectivity index (χ1v) is 11.8. The number of likely N-dealkylation sites (N-methyl/N-ethyl adjacent to an activating group) is 1. The van der Waals surface area contributed by atoms with E-state index < -0.39 is 6.04 Å². The molecule has 2 atom stereocenters. The number of benzene rings is 2. The van der Waals surface area contributed by atoms with Gasteiger partial charge >= 0.3 is 0 Å². The van der Waals surface area contributed by atoms with Crippen LogP contribution in [-0.4, -0.2) is 63.4 Å². The number of rotatable bonds is 6. The van der Waals surface area contributed by atoms with Crippen LogP contribution in [0.2, 0.25) is 0 Å². The molecule has 6 nitrogen and oxygen atoms in total. The molecular weight excluding hydrogens is 419 g/mol. The number of halogens is 1. The van der Waals surface area contributed by atoms with E-state index >= 15 is 4.39 Å². The average molecular weight is 451 g/mol. The summed E-state index contributed by atoms with van der Waals surface area (Å²) < 4.78 is 26.9. The molecule has 1 spiro atoms. The van der Waals surface area contributed by atoms with Crippen molar-refractivity contribution < 1.29 is 13.9 Å². The third kappa shape index (κ3) is 4.68. The molecule has 174 valence electrons. The number of hydrogen-bond donors (Lipinski definition) is 2. The fourth-order valence-electron chi connectivity index (χ4n) is 5.14. The topological polar surface area (TPSA) is 69.5 Å². The molecule has 0 bridgehead atoms. The molecule has 0 aromatic heterocycles. The van der Waals surface area contributed by atoms with Gasteiger partial charge < -0.3 is 14.8 Å². The smallest absolute Gasteiger partial charge is 0.127 e. The second-order valence-electron chi connectivity index (χ2n) is 9.48. The standard InChI is InChI=1S/C26H31FN4O2/c1-31-16-26(17-31)24-10-18(4-6-21(24)15-33-26)19-3-5-20(25(27)11-19)9-22(12-28)30-14-23-13-29-7-2-8-32-23/h3-6,10-11,22-23,29-30H,2,7-9,13-17H2,1H3/t22-,23?/m0/s1. The van der Waals surface area contributed by atoms with Crippen LogP contribution in [0.3, 0.4) is 0 Å². The molecule has 2 N–H and O–H groups in total. The SMILES string of the molecule is CN1CC2(C1)OCc1ccc(-c3ccc(C[C@@H](C#N)NCC4CNCCCO4)c(F)c3)cc12. The fraction of sp³-hybridized carbons (Fsp3) is 0.500. The molecule has 7 heteroatoms. The summed E-state index contributed by atoms with van der Waals surface area (Å²) in [6.45, 7) is 5.42. The highest BCUT2D eigenvalue weighted by atomic mass is 19.1. The summed E-state index contributed by atoms with van der Waals surface area (Å²) in [5.74, 6) is -0.281. The largest absolute Gasteiger partial charge is 0.376 e. The van der Waals surface area contributed by atoms with Crippen molar-refractivity contribution in [3.63, 3.8) is 0 Å². The van der Waals surface area contributed by atoms with Crippen LogP contribution >= 0.6 is 0 Å². The van der Waals surface area contributed by atoms with Gasteiger partial charge in [0.15, 0.2) is 0 Å². The molecule has 3 aliphatic heterocycles. The van der Waals surface area contributed by atoms with E-state index in [1.54, 1.807) is 12.1 Å². The van der Waals surface area contributed by atoms with Crippen molar-refractivity contribution in [3.05, 3.63) is 58.9 Å². The summed E-state index contributed by atoms with van der Waals surface area (Å²) >= 11 is 0. The summed E-state index contributed by atoms with van der Waals surface area (Å²) in [4.78, 5) is 2.24. The number of nitrogens with zero attached hydrogens (tertiary/aromatic N) is 2. The lowest BCUT2D eigenvalue weighted by molar-refractivity contribution is -0.132. The van der Waals surface area contributed by atoms with Crippen molar-refractivity contribution in [2.45, 2.75) is 37.2 Å². The highest BCUT2D eigenvalue weighted by Crippen LogP contribution is 2.44. The Labute approximate surface area is 194 Å². The molecule has 1 unspecified atom stereocenters. The maximum absolute atomic E-state index is 15.0. The lowest BCUT2D eigenvalue weighted by Crippen LogP contribution is -2.57. The third-order valence-corrected chi connectivity index (χ3v) is 6.94. The van der Waals surface area contributed by atoms with Crippen molar-refractivity contribution >= 4 is 0 Å². The predicted molar refractivity (Wildman–Crippen MR) is 124 cm³/mol. The molecular formula is C26H31FN4O2. The van der Waals surface area contributed by atoms with Crippen molar-refractivity contribution in [1.29, 1.82) is 5.26 Å². The minimum absolute atomic E-state index is 0.0260. The Morgan fingerprint density at radius 2 is 2.09 bits per heavy atom. The maximum Gasteiger partial charge on any atom is 0.127 e. The fourth-order valence-corrected chi connectivity index (χ4v) is 5.14. The molecule has 0 radical (unpaired) electrons. The lowest BCUT2D eigenvalue weighted by Gasteiger charge is -2.45. The van der Waals surface area contributed by atoms with Crippen molar-refractivity contribution in [2.24, 2.45) is 0 Å². The van der Waals surface area contributed by atoms with Crippen LogP contribution < -0.4 is 10.6 Å². The Bertz CT molecular complexity index is 1030. The monoisotopic (exact) mass is 450 g/mol. The highest BCUT2D eigenvalue weighted by Gasteiger charge is 2.48. The zero-order chi connectivity index (χ0) is 22.8. The number of nitriles is 1. The Hall–Kier alpha value is -2.34. The van der Waals surface area contributed by atoms with E-state index in [2.05, 4.69) is 40.8 Å². The quantitative estimate of drug-likeness (QED) is 0.705. The lowest BCUT2D eigenvalue weighted by atomic mass is 9.84. The third-order valence-electron chi connectivity index (χ3n) is 6.94. The Kier molecular flexibility index (Phi) is 6.46. The zero-order valence-electron chi connectivity index (χ0n) is 19.1. The zero-order valence-corrected chi connectivity index (χ0v) is 19.1. The molecule has 2 aromatic carbocycles. The predicted octanol–water partition coefficient (Wildman–Crippen LogP) is 2.57. The summed E-state index contributed by atoms with van der Waals surface area (Å²) in [6, 6.07) is 13.4. The molecule has 5 rings (SSSR count). The van der Waals surface area contributed by atoms with Gasteiger partial charge in [-0.1, -0.05) is 24.3 Å². The minimum Gasteiger partial charge on any atom is -0.376 e. The van der Waals surface area contributed by atoms with Gasteiger partial charge in [-0.2, -0.15) is 5.26 Å². The second-order valence-corrected chi connectivity index (χ2v) is 9.48. The van der Waals surface area contributed by atoms with Crippen LogP contribution in [0, 0.1) is 17.1 Å². The van der Waals surface area contributed by atoms with Gasteiger partial charge in [0.05, 0.1) is 24.8 Å². The van der Waals surface area contributed by atoms with E-state index in [0.717, 1.165) is 50.3 Å². The first kappa shape index (κ1) is 22.5. The second kappa shape index (κ2) is 9.49. The van der Waals surface area contributed by atoms with Crippen LogP contribution in [0.1, 0.15) is 23.1 Å². The van der Waals surface area contributed by atoms with Gasteiger partial charge in [-0.25, -0.2) is 4.39 Å². The molecule has 3 aliphatic rings. The first-order chi connectivity index (χ1) is 16.1. The number of fused-ring (bicyclic) bond motifs is 2. The van der Waals surface area contributed by atoms with E-state index in [0.29, 0.717) is 25.1 Å². The molecule has 2 saturated heterocycles. The molecule has 0 aliphatic carbocycles. The van der Waals surface area contributed by atoms with Gasteiger partial charge in [0, 0.05) is 39.2 Å². The number of likely N-dealkylation sites (tertiary alicyclic amines) is 1. The van der Waals surface area contributed by atoms with Gasteiger partial charge in [-0.3, -0.25) is 10.2 Å². The van der Waals surface area contributed by atoms with E-state index in [1.165, 1.54) is 11.1 Å².